The molecule has 0 aliphatic carbocycles. The largest absolute Gasteiger partial charge is 0.367 e. The van der Waals surface area contributed by atoms with E-state index in [0.29, 0.717) is 12.2 Å². The molecule has 4 aromatic rings. The van der Waals surface area contributed by atoms with Crippen molar-refractivity contribution in [3.8, 4) is 0 Å². The van der Waals surface area contributed by atoms with Crippen molar-refractivity contribution in [2.75, 3.05) is 11.9 Å². The van der Waals surface area contributed by atoms with Crippen molar-refractivity contribution < 1.29 is 8.78 Å². The number of pyridine rings is 1. The zero-order valence-electron chi connectivity index (χ0n) is 12.8. The Bertz CT molecular complexity index is 1010. The summed E-state index contributed by atoms with van der Waals surface area (Å²) in [6.45, 7) is 0.508. The molecule has 2 heterocycles. The first-order chi connectivity index (χ1) is 11.6. The number of anilines is 1. The number of para-hydroxylation sites is 1. The molecule has 6 heteroatoms. The van der Waals surface area contributed by atoms with Crippen LogP contribution in [0.25, 0.3) is 21.1 Å². The van der Waals surface area contributed by atoms with Crippen LogP contribution in [0.5, 0.6) is 0 Å². The molecule has 2 aromatic carbocycles. The first-order valence-electron chi connectivity index (χ1n) is 7.42. The molecule has 0 unspecified atom stereocenters. The quantitative estimate of drug-likeness (QED) is 0.538. The average molecular weight is 341 g/mol. The van der Waals surface area contributed by atoms with Gasteiger partial charge in [-0.15, -0.1) is 11.3 Å². The van der Waals surface area contributed by atoms with Gasteiger partial charge in [0.05, 0.1) is 27.8 Å². The Kier molecular flexibility index (Phi) is 3.61. The van der Waals surface area contributed by atoms with Crippen LogP contribution in [0.3, 0.4) is 0 Å². The number of rotatable bonds is 3. The molecule has 0 fully saturated rings. The second kappa shape index (κ2) is 5.79. The minimum Gasteiger partial charge on any atom is -0.367 e. The summed E-state index contributed by atoms with van der Waals surface area (Å²) in [6.07, 6.45) is 1.50. The molecule has 0 N–H and O–H groups in total. The van der Waals surface area contributed by atoms with Crippen LogP contribution in [0.1, 0.15) is 5.01 Å². The minimum atomic E-state index is -0.526. The van der Waals surface area contributed by atoms with Gasteiger partial charge in [-0.1, -0.05) is 12.1 Å². The van der Waals surface area contributed by atoms with Crippen molar-refractivity contribution in [1.82, 2.24) is 9.97 Å². The van der Waals surface area contributed by atoms with Crippen molar-refractivity contribution in [2.24, 2.45) is 0 Å². The maximum atomic E-state index is 14.2. The maximum Gasteiger partial charge on any atom is 0.149 e. The maximum absolute atomic E-state index is 14.2. The number of thiazole rings is 1. The number of nitrogens with zero attached hydrogens (tertiary/aromatic N) is 3. The average Bonchev–Trinajstić information content (AvgIpc) is 3.00. The smallest absolute Gasteiger partial charge is 0.149 e. The summed E-state index contributed by atoms with van der Waals surface area (Å²) in [7, 11) is 1.84. The molecule has 2 aromatic heterocycles. The molecule has 0 amide bonds. The first kappa shape index (κ1) is 15.0. The van der Waals surface area contributed by atoms with Gasteiger partial charge in [-0.2, -0.15) is 0 Å². The molecule has 120 valence electrons. The van der Waals surface area contributed by atoms with E-state index in [2.05, 4.69) is 9.97 Å². The zero-order chi connectivity index (χ0) is 16.7. The highest BCUT2D eigenvalue weighted by Crippen LogP contribution is 2.30. The van der Waals surface area contributed by atoms with Crippen LogP contribution in [-0.2, 0) is 6.54 Å². The van der Waals surface area contributed by atoms with Crippen molar-refractivity contribution in [3.63, 3.8) is 0 Å². The predicted molar refractivity (Wildman–Crippen MR) is 93.4 cm³/mol. The van der Waals surface area contributed by atoms with Crippen LogP contribution < -0.4 is 4.90 Å². The first-order valence-corrected chi connectivity index (χ1v) is 8.23. The van der Waals surface area contributed by atoms with Gasteiger partial charge in [0.1, 0.15) is 22.2 Å². The molecule has 0 saturated heterocycles. The second-order valence-corrected chi connectivity index (χ2v) is 6.63. The van der Waals surface area contributed by atoms with E-state index in [1.807, 2.05) is 36.2 Å². The van der Waals surface area contributed by atoms with Crippen LogP contribution in [0.15, 0.2) is 48.7 Å². The lowest BCUT2D eigenvalue weighted by atomic mass is 10.1. The van der Waals surface area contributed by atoms with E-state index in [0.717, 1.165) is 27.4 Å². The zero-order valence-corrected chi connectivity index (χ0v) is 13.6. The Balaban J connectivity index is 1.75. The van der Waals surface area contributed by atoms with Crippen molar-refractivity contribution in [1.29, 1.82) is 0 Å². The molecule has 0 aliphatic rings. The lowest BCUT2D eigenvalue weighted by Gasteiger charge is -2.20. The number of benzene rings is 2. The summed E-state index contributed by atoms with van der Waals surface area (Å²) in [5, 5.41) is 1.11. The van der Waals surface area contributed by atoms with Gasteiger partial charge in [-0.05, 0) is 30.3 Å². The Hall–Kier alpha value is -2.60. The molecule has 0 spiro atoms. The van der Waals surface area contributed by atoms with E-state index >= 15 is 0 Å². The number of fused-ring (bicyclic) bond motifs is 2. The SMILES string of the molecule is CN(Cc1nc2ccccc2s1)c1ccnc2c(F)ccc(F)c12. The molecular weight excluding hydrogens is 328 g/mol. The highest BCUT2D eigenvalue weighted by molar-refractivity contribution is 7.18. The van der Waals surface area contributed by atoms with E-state index < -0.39 is 11.6 Å². The van der Waals surface area contributed by atoms with Crippen LogP contribution in [0.2, 0.25) is 0 Å². The van der Waals surface area contributed by atoms with Gasteiger partial charge in [0, 0.05) is 13.2 Å². The lowest BCUT2D eigenvalue weighted by molar-refractivity contribution is 0.615. The van der Waals surface area contributed by atoms with Gasteiger partial charge >= 0.3 is 0 Å². The number of hydrogen-bond acceptors (Lipinski definition) is 4. The highest BCUT2D eigenvalue weighted by atomic mass is 32.1. The van der Waals surface area contributed by atoms with Gasteiger partial charge in [0.15, 0.2) is 0 Å². The predicted octanol–water partition coefficient (Wildman–Crippen LogP) is 4.76. The summed E-state index contributed by atoms with van der Waals surface area (Å²) in [4.78, 5) is 10.4. The Morgan fingerprint density at radius 3 is 2.67 bits per heavy atom. The molecule has 3 nitrogen and oxygen atoms in total. The van der Waals surface area contributed by atoms with E-state index in [1.165, 1.54) is 6.20 Å². The second-order valence-electron chi connectivity index (χ2n) is 5.51. The molecule has 0 aliphatic heterocycles. The highest BCUT2D eigenvalue weighted by Gasteiger charge is 2.15. The monoisotopic (exact) mass is 341 g/mol. The number of aromatic nitrogens is 2. The molecule has 4 rings (SSSR count). The van der Waals surface area contributed by atoms with Gasteiger partial charge in [-0.3, -0.25) is 4.98 Å². The van der Waals surface area contributed by atoms with E-state index in [9.17, 15) is 8.78 Å². The van der Waals surface area contributed by atoms with Crippen LogP contribution in [-0.4, -0.2) is 17.0 Å². The third-order valence-corrected chi connectivity index (χ3v) is 4.91. The number of halogens is 2. The molecule has 0 bridgehead atoms. The summed E-state index contributed by atoms with van der Waals surface area (Å²) in [5.41, 5.74) is 1.59. The Morgan fingerprint density at radius 2 is 1.83 bits per heavy atom. The number of hydrogen-bond donors (Lipinski definition) is 0. The minimum absolute atomic E-state index is 0.0450. The van der Waals surface area contributed by atoms with E-state index in [-0.39, 0.29) is 10.9 Å². The third kappa shape index (κ3) is 2.49. The molecule has 0 saturated carbocycles. The van der Waals surface area contributed by atoms with Crippen LogP contribution in [0, 0.1) is 11.6 Å². The summed E-state index contributed by atoms with van der Waals surface area (Å²) >= 11 is 1.60. The standard InChI is InChI=1S/C18H13F2N3S/c1-23(10-16-22-13-4-2-3-5-15(13)24-16)14-8-9-21-18-12(20)7-6-11(19)17(14)18/h2-9H,10H2,1H3. The van der Waals surface area contributed by atoms with Gasteiger partial charge in [0.2, 0.25) is 0 Å². The summed E-state index contributed by atoms with van der Waals surface area (Å²) in [6, 6.07) is 11.8. The topological polar surface area (TPSA) is 29.0 Å². The summed E-state index contributed by atoms with van der Waals surface area (Å²) in [5.74, 6) is -1.01. The molecule has 0 radical (unpaired) electrons. The lowest BCUT2D eigenvalue weighted by Crippen LogP contribution is -2.17. The Labute approximate surface area is 141 Å². The van der Waals surface area contributed by atoms with Crippen molar-refractivity contribution in [2.45, 2.75) is 6.54 Å². The van der Waals surface area contributed by atoms with E-state index in [1.54, 1.807) is 17.4 Å². The van der Waals surface area contributed by atoms with Crippen LogP contribution in [0.4, 0.5) is 14.5 Å². The fourth-order valence-corrected chi connectivity index (χ4v) is 3.79. The van der Waals surface area contributed by atoms with Gasteiger partial charge in [-0.25, -0.2) is 13.8 Å². The van der Waals surface area contributed by atoms with E-state index in [4.69, 9.17) is 0 Å². The van der Waals surface area contributed by atoms with Crippen molar-refractivity contribution in [3.05, 3.63) is 65.3 Å². The third-order valence-electron chi connectivity index (χ3n) is 3.89. The molecule has 24 heavy (non-hydrogen) atoms. The Morgan fingerprint density at radius 1 is 1.04 bits per heavy atom. The van der Waals surface area contributed by atoms with Gasteiger partial charge < -0.3 is 4.90 Å². The fraction of sp³-hybridized carbons (Fsp3) is 0.111. The normalized spacial score (nSPS) is 11.3. The summed E-state index contributed by atoms with van der Waals surface area (Å²) < 4.78 is 29.3. The van der Waals surface area contributed by atoms with Gasteiger partial charge in [0.25, 0.3) is 0 Å². The molecule has 0 atom stereocenters. The van der Waals surface area contributed by atoms with Crippen LogP contribution >= 0.6 is 11.3 Å². The van der Waals surface area contributed by atoms with Crippen molar-refractivity contribution >= 4 is 38.1 Å². The molecular formula is C18H13F2N3S. The fourth-order valence-electron chi connectivity index (χ4n) is 2.77.